The Bertz CT molecular complexity index is 423. The Morgan fingerprint density at radius 3 is 2.75 bits per heavy atom. The Morgan fingerprint density at radius 2 is 2.00 bits per heavy atom. The average Bonchev–Trinajstić information content (AvgIpc) is 2.79. The molecule has 0 bridgehead atoms. The third kappa shape index (κ3) is 3.14. The summed E-state index contributed by atoms with van der Waals surface area (Å²) in [6.07, 6.45) is 3.57. The largest absolute Gasteiger partial charge is 0.492 e. The summed E-state index contributed by atoms with van der Waals surface area (Å²) >= 11 is 3.44. The molecule has 0 saturated heterocycles. The maximum atomic E-state index is 5.65. The standard InChI is InChI=1S/C13H13BrO2/c14-12-7-1-2-8-13(12)16-10-4-6-11-5-3-9-15-11/h1-3,5,7-9H,4,6,10H2. The molecule has 2 aromatic rings. The van der Waals surface area contributed by atoms with Crippen LogP contribution in [0.1, 0.15) is 12.2 Å². The number of furan rings is 1. The molecule has 1 aromatic heterocycles. The molecular weight excluding hydrogens is 268 g/mol. The zero-order valence-electron chi connectivity index (χ0n) is 8.86. The molecule has 0 aliphatic heterocycles. The quantitative estimate of drug-likeness (QED) is 0.771. The molecule has 0 aliphatic rings. The van der Waals surface area contributed by atoms with Crippen LogP contribution in [0.3, 0.4) is 0 Å². The van der Waals surface area contributed by atoms with Crippen molar-refractivity contribution < 1.29 is 9.15 Å². The normalized spacial score (nSPS) is 10.3. The first-order valence-electron chi connectivity index (χ1n) is 5.26. The van der Waals surface area contributed by atoms with E-state index in [0.29, 0.717) is 6.61 Å². The van der Waals surface area contributed by atoms with Gasteiger partial charge in [-0.3, -0.25) is 0 Å². The van der Waals surface area contributed by atoms with Crippen molar-refractivity contribution in [2.45, 2.75) is 12.8 Å². The second-order valence-corrected chi connectivity index (χ2v) is 4.32. The van der Waals surface area contributed by atoms with Crippen molar-refractivity contribution in [3.05, 3.63) is 52.9 Å². The molecule has 2 nitrogen and oxygen atoms in total. The minimum absolute atomic E-state index is 0.698. The predicted molar refractivity (Wildman–Crippen MR) is 66.7 cm³/mol. The number of ether oxygens (including phenoxy) is 1. The summed E-state index contributed by atoms with van der Waals surface area (Å²) in [5, 5.41) is 0. The van der Waals surface area contributed by atoms with E-state index < -0.39 is 0 Å². The van der Waals surface area contributed by atoms with Crippen LogP contribution >= 0.6 is 15.9 Å². The summed E-state index contributed by atoms with van der Waals surface area (Å²) < 4.78 is 11.9. The molecule has 0 spiro atoms. The summed E-state index contributed by atoms with van der Waals surface area (Å²) in [5.74, 6) is 1.90. The van der Waals surface area contributed by atoms with Gasteiger partial charge < -0.3 is 9.15 Å². The first-order valence-corrected chi connectivity index (χ1v) is 6.05. The maximum Gasteiger partial charge on any atom is 0.133 e. The minimum atomic E-state index is 0.698. The molecule has 1 aromatic carbocycles. The van der Waals surface area contributed by atoms with Gasteiger partial charge in [0.05, 0.1) is 17.3 Å². The zero-order valence-corrected chi connectivity index (χ0v) is 10.4. The van der Waals surface area contributed by atoms with E-state index in [4.69, 9.17) is 9.15 Å². The van der Waals surface area contributed by atoms with Gasteiger partial charge in [0, 0.05) is 6.42 Å². The number of hydrogen-bond donors (Lipinski definition) is 0. The van der Waals surface area contributed by atoms with E-state index in [9.17, 15) is 0 Å². The number of aryl methyl sites for hydroxylation is 1. The van der Waals surface area contributed by atoms with Crippen molar-refractivity contribution in [3.8, 4) is 5.75 Å². The fraction of sp³-hybridized carbons (Fsp3) is 0.231. The second-order valence-electron chi connectivity index (χ2n) is 3.46. The van der Waals surface area contributed by atoms with Gasteiger partial charge in [-0.15, -0.1) is 0 Å². The molecule has 84 valence electrons. The zero-order chi connectivity index (χ0) is 11.2. The number of para-hydroxylation sites is 1. The molecule has 0 saturated carbocycles. The molecule has 0 radical (unpaired) electrons. The van der Waals surface area contributed by atoms with E-state index >= 15 is 0 Å². The molecule has 1 heterocycles. The van der Waals surface area contributed by atoms with Gasteiger partial charge in [-0.25, -0.2) is 0 Å². The highest BCUT2D eigenvalue weighted by atomic mass is 79.9. The first kappa shape index (κ1) is 11.3. The maximum absolute atomic E-state index is 5.65. The van der Waals surface area contributed by atoms with E-state index in [2.05, 4.69) is 15.9 Å². The van der Waals surface area contributed by atoms with E-state index in [-0.39, 0.29) is 0 Å². The monoisotopic (exact) mass is 280 g/mol. The predicted octanol–water partition coefficient (Wildman–Crippen LogP) is 4.05. The van der Waals surface area contributed by atoms with Gasteiger partial charge in [0.2, 0.25) is 0 Å². The highest BCUT2D eigenvalue weighted by Crippen LogP contribution is 2.23. The number of benzene rings is 1. The topological polar surface area (TPSA) is 22.4 Å². The Hall–Kier alpha value is -1.22. The van der Waals surface area contributed by atoms with Crippen LogP contribution in [0.5, 0.6) is 5.75 Å². The lowest BCUT2D eigenvalue weighted by Crippen LogP contribution is -1.99. The summed E-state index contributed by atoms with van der Waals surface area (Å²) in [6.45, 7) is 0.698. The molecule has 0 aliphatic carbocycles. The molecular formula is C13H13BrO2. The van der Waals surface area contributed by atoms with Crippen molar-refractivity contribution in [3.63, 3.8) is 0 Å². The lowest BCUT2D eigenvalue weighted by atomic mass is 10.2. The van der Waals surface area contributed by atoms with Crippen molar-refractivity contribution in [1.82, 2.24) is 0 Å². The van der Waals surface area contributed by atoms with Crippen molar-refractivity contribution in [2.75, 3.05) is 6.61 Å². The van der Waals surface area contributed by atoms with Crippen LogP contribution in [-0.2, 0) is 6.42 Å². The lowest BCUT2D eigenvalue weighted by molar-refractivity contribution is 0.304. The summed E-state index contributed by atoms with van der Waals surface area (Å²) in [4.78, 5) is 0. The molecule has 3 heteroatoms. The van der Waals surface area contributed by atoms with Gasteiger partial charge in [0.25, 0.3) is 0 Å². The average molecular weight is 281 g/mol. The summed E-state index contributed by atoms with van der Waals surface area (Å²) in [5.41, 5.74) is 0. The van der Waals surface area contributed by atoms with E-state index in [0.717, 1.165) is 28.8 Å². The smallest absolute Gasteiger partial charge is 0.133 e. The second kappa shape index (κ2) is 5.75. The third-order valence-electron chi connectivity index (χ3n) is 2.24. The molecule has 2 rings (SSSR count). The molecule has 16 heavy (non-hydrogen) atoms. The van der Waals surface area contributed by atoms with Gasteiger partial charge in [0.1, 0.15) is 11.5 Å². The van der Waals surface area contributed by atoms with Gasteiger partial charge >= 0.3 is 0 Å². The molecule has 0 fully saturated rings. The first-order chi connectivity index (χ1) is 7.86. The third-order valence-corrected chi connectivity index (χ3v) is 2.90. The van der Waals surface area contributed by atoms with Gasteiger partial charge in [-0.1, -0.05) is 12.1 Å². The lowest BCUT2D eigenvalue weighted by Gasteiger charge is -2.06. The van der Waals surface area contributed by atoms with Gasteiger partial charge in [-0.2, -0.15) is 0 Å². The van der Waals surface area contributed by atoms with Crippen molar-refractivity contribution in [1.29, 1.82) is 0 Å². The molecule has 0 N–H and O–H groups in total. The number of hydrogen-bond acceptors (Lipinski definition) is 2. The summed E-state index contributed by atoms with van der Waals surface area (Å²) in [7, 11) is 0. The van der Waals surface area contributed by atoms with Crippen LogP contribution in [0.4, 0.5) is 0 Å². The van der Waals surface area contributed by atoms with Crippen LogP contribution in [-0.4, -0.2) is 6.61 Å². The van der Waals surface area contributed by atoms with Gasteiger partial charge in [-0.05, 0) is 46.6 Å². The fourth-order valence-electron chi connectivity index (χ4n) is 1.45. The van der Waals surface area contributed by atoms with E-state index in [1.165, 1.54) is 0 Å². The Balaban J connectivity index is 1.74. The molecule has 0 atom stereocenters. The Kier molecular flexibility index (Phi) is 4.05. The van der Waals surface area contributed by atoms with Crippen molar-refractivity contribution in [2.24, 2.45) is 0 Å². The highest BCUT2D eigenvalue weighted by molar-refractivity contribution is 9.10. The van der Waals surface area contributed by atoms with Crippen LogP contribution < -0.4 is 4.74 Å². The SMILES string of the molecule is Brc1ccccc1OCCCc1ccco1. The van der Waals surface area contributed by atoms with Gasteiger partial charge in [0.15, 0.2) is 0 Å². The fourth-order valence-corrected chi connectivity index (χ4v) is 1.84. The summed E-state index contributed by atoms with van der Waals surface area (Å²) in [6, 6.07) is 11.8. The van der Waals surface area contributed by atoms with Crippen molar-refractivity contribution >= 4 is 15.9 Å². The van der Waals surface area contributed by atoms with Crippen LogP contribution in [0.2, 0.25) is 0 Å². The number of halogens is 1. The Labute approximate surface area is 103 Å². The van der Waals surface area contributed by atoms with Crippen LogP contribution in [0.15, 0.2) is 51.6 Å². The minimum Gasteiger partial charge on any atom is -0.492 e. The number of rotatable bonds is 5. The van der Waals surface area contributed by atoms with E-state index in [1.54, 1.807) is 6.26 Å². The van der Waals surface area contributed by atoms with E-state index in [1.807, 2.05) is 36.4 Å². The van der Waals surface area contributed by atoms with Crippen LogP contribution in [0.25, 0.3) is 0 Å². The molecule has 0 amide bonds. The molecule has 0 unspecified atom stereocenters. The highest BCUT2D eigenvalue weighted by Gasteiger charge is 2.00. The Morgan fingerprint density at radius 1 is 1.12 bits per heavy atom. The van der Waals surface area contributed by atoms with Crippen LogP contribution in [0, 0.1) is 0 Å².